The first-order chi connectivity index (χ1) is 32.8. The zero-order valence-corrected chi connectivity index (χ0v) is 41.4. The van der Waals surface area contributed by atoms with Gasteiger partial charge in [0.25, 0.3) is 0 Å². The SMILES string of the molecule is C=C(N[C@H](C(=O)N1CC#CCCO[CH][C@H]1c1nc2ccc(-c3ccc4cc(-c5ccc([C@H](C)CCC(=O)[C@@H](NC(=O)OC)C(C)C)[nH]5)ccc4c3)cc2[nH]1)C(C)C)OC.CCC/C=C\CCOC. The Hall–Kier alpha value is -6.36. The number of rotatable bonds is 20. The highest BCUT2D eigenvalue weighted by Gasteiger charge is 2.35. The van der Waals surface area contributed by atoms with E-state index in [1.165, 1.54) is 27.1 Å². The van der Waals surface area contributed by atoms with Gasteiger partial charge < -0.3 is 44.4 Å². The van der Waals surface area contributed by atoms with Gasteiger partial charge in [-0.2, -0.15) is 0 Å². The first-order valence-corrected chi connectivity index (χ1v) is 23.7. The molecule has 363 valence electrons. The molecule has 1 radical (unpaired) electrons. The Morgan fingerprint density at radius 3 is 2.24 bits per heavy atom. The molecule has 5 aromatic rings. The number of carbonyl (C=O) groups excluding carboxylic acids is 3. The van der Waals surface area contributed by atoms with Crippen molar-refractivity contribution < 1.29 is 33.3 Å². The molecule has 0 saturated carbocycles. The second-order valence-electron chi connectivity index (χ2n) is 17.8. The molecule has 0 fully saturated rings. The van der Waals surface area contributed by atoms with Crippen molar-refractivity contribution in [2.75, 3.05) is 41.1 Å². The van der Waals surface area contributed by atoms with Gasteiger partial charge in [0.05, 0.1) is 44.4 Å². The van der Waals surface area contributed by atoms with Gasteiger partial charge in [0.15, 0.2) is 11.7 Å². The van der Waals surface area contributed by atoms with Crippen LogP contribution in [0, 0.1) is 30.3 Å². The summed E-state index contributed by atoms with van der Waals surface area (Å²) in [7, 11) is 4.54. The topological polar surface area (TPSA) is 160 Å². The Kier molecular flexibility index (Phi) is 20.3. The highest BCUT2D eigenvalue weighted by molar-refractivity contribution is 5.92. The van der Waals surface area contributed by atoms with Crippen molar-refractivity contribution in [3.8, 4) is 34.2 Å². The molecule has 13 nitrogen and oxygen atoms in total. The molecule has 0 spiro atoms. The largest absolute Gasteiger partial charge is 0.483 e. The third-order valence-electron chi connectivity index (χ3n) is 12.0. The summed E-state index contributed by atoms with van der Waals surface area (Å²) >= 11 is 0. The summed E-state index contributed by atoms with van der Waals surface area (Å²) in [5, 5.41) is 8.01. The summed E-state index contributed by atoms with van der Waals surface area (Å²) in [6.07, 6.45) is 8.84. The van der Waals surface area contributed by atoms with Crippen LogP contribution < -0.4 is 10.6 Å². The van der Waals surface area contributed by atoms with E-state index in [0.29, 0.717) is 37.6 Å². The number of alkyl carbamates (subject to hydrolysis) is 1. The first-order valence-electron chi connectivity index (χ1n) is 23.7. The van der Waals surface area contributed by atoms with E-state index in [9.17, 15) is 14.4 Å². The monoisotopic (exact) mass is 928 g/mol. The van der Waals surface area contributed by atoms with Gasteiger partial charge in [0.1, 0.15) is 24.5 Å². The zero-order valence-electron chi connectivity index (χ0n) is 41.4. The van der Waals surface area contributed by atoms with Gasteiger partial charge in [0, 0.05) is 37.9 Å². The van der Waals surface area contributed by atoms with Gasteiger partial charge >= 0.3 is 6.09 Å². The maximum Gasteiger partial charge on any atom is 0.407 e. The predicted octanol–water partition coefficient (Wildman–Crippen LogP) is 10.8. The lowest BCUT2D eigenvalue weighted by atomic mass is 9.93. The minimum atomic E-state index is -0.609. The van der Waals surface area contributed by atoms with Gasteiger partial charge in [0.2, 0.25) is 5.91 Å². The fourth-order valence-corrected chi connectivity index (χ4v) is 7.89. The molecule has 1 aliphatic heterocycles. The zero-order chi connectivity index (χ0) is 49.2. The lowest BCUT2D eigenvalue weighted by Gasteiger charge is -2.33. The quantitative estimate of drug-likeness (QED) is 0.0258. The molecule has 0 saturated heterocycles. The number of fused-ring (bicyclic) bond motifs is 2. The fraction of sp³-hybridized carbons (Fsp3) is 0.436. The number of hydrogen-bond acceptors (Lipinski definition) is 9. The van der Waals surface area contributed by atoms with E-state index >= 15 is 0 Å². The maximum absolute atomic E-state index is 14.1. The minimum Gasteiger partial charge on any atom is -0.483 e. The highest BCUT2D eigenvalue weighted by atomic mass is 16.5. The van der Waals surface area contributed by atoms with Crippen LogP contribution >= 0.6 is 0 Å². The van der Waals surface area contributed by atoms with E-state index in [2.05, 4.69) is 126 Å². The number of nitrogens with one attached hydrogen (secondary N) is 4. The van der Waals surface area contributed by atoms with Gasteiger partial charge in [-0.1, -0.05) is 102 Å². The molecule has 68 heavy (non-hydrogen) atoms. The Balaban J connectivity index is 0.000000870. The van der Waals surface area contributed by atoms with Gasteiger partial charge in [-0.15, -0.1) is 0 Å². The van der Waals surface area contributed by atoms with Crippen LogP contribution in [0.5, 0.6) is 0 Å². The number of aromatic nitrogens is 3. The van der Waals surface area contributed by atoms with Crippen molar-refractivity contribution in [2.24, 2.45) is 11.8 Å². The van der Waals surface area contributed by atoms with Gasteiger partial charge in [-0.25, -0.2) is 9.78 Å². The molecule has 13 heteroatoms. The Morgan fingerprint density at radius 1 is 0.853 bits per heavy atom. The van der Waals surface area contributed by atoms with Crippen LogP contribution in [0.4, 0.5) is 4.79 Å². The van der Waals surface area contributed by atoms with Crippen molar-refractivity contribution in [2.45, 2.75) is 104 Å². The number of unbranched alkanes of at least 4 members (excludes halogenated alkanes) is 1. The number of methoxy groups -OCH3 is 3. The molecule has 4 N–H and O–H groups in total. The number of Topliss-reactive ketones (excluding diaryl/α,β-unsaturated/α-hetero) is 1. The number of benzene rings is 3. The summed E-state index contributed by atoms with van der Waals surface area (Å²) in [6.45, 7) is 19.1. The Bertz CT molecular complexity index is 2550. The molecule has 2 amide bonds. The van der Waals surface area contributed by atoms with Crippen LogP contribution in [0.2, 0.25) is 0 Å². The Morgan fingerprint density at radius 2 is 1.54 bits per heavy atom. The Labute approximate surface area is 402 Å². The van der Waals surface area contributed by atoms with Crippen LogP contribution in [0.1, 0.15) is 104 Å². The summed E-state index contributed by atoms with van der Waals surface area (Å²) in [5.74, 6) is 6.99. The van der Waals surface area contributed by atoms with Crippen LogP contribution in [-0.2, 0) is 28.5 Å². The lowest BCUT2D eigenvalue weighted by Crippen LogP contribution is -2.50. The van der Waals surface area contributed by atoms with Crippen molar-refractivity contribution >= 4 is 39.6 Å². The number of hydrogen-bond donors (Lipinski definition) is 4. The average Bonchev–Trinajstić information content (AvgIpc) is 4.03. The molecule has 2 aromatic heterocycles. The summed E-state index contributed by atoms with van der Waals surface area (Å²) < 4.78 is 20.7. The lowest BCUT2D eigenvalue weighted by molar-refractivity contribution is -0.137. The number of ether oxygens (including phenoxy) is 4. The number of nitrogens with zero attached hydrogens (tertiary/aromatic N) is 2. The van der Waals surface area contributed by atoms with Crippen LogP contribution in [0.15, 0.2) is 91.3 Å². The molecule has 3 heterocycles. The second-order valence-corrected chi connectivity index (χ2v) is 17.8. The van der Waals surface area contributed by atoms with E-state index in [4.69, 9.17) is 23.9 Å². The molecule has 0 unspecified atom stereocenters. The van der Waals surface area contributed by atoms with Crippen LogP contribution in [0.3, 0.4) is 0 Å². The number of imidazole rings is 1. The number of ketones is 1. The smallest absolute Gasteiger partial charge is 0.407 e. The van der Waals surface area contributed by atoms with Crippen LogP contribution in [-0.4, -0.2) is 90.8 Å². The average molecular weight is 928 g/mol. The second kappa shape index (κ2) is 26.3. The molecular weight excluding hydrogens is 857 g/mol. The molecule has 1 aliphatic rings. The van der Waals surface area contributed by atoms with Crippen LogP contribution in [0.25, 0.3) is 44.2 Å². The fourth-order valence-electron chi connectivity index (χ4n) is 7.89. The predicted molar refractivity (Wildman–Crippen MR) is 271 cm³/mol. The number of allylic oxidation sites excluding steroid dienone is 1. The van der Waals surface area contributed by atoms with Crippen molar-refractivity contribution in [1.82, 2.24) is 30.5 Å². The van der Waals surface area contributed by atoms with Crippen molar-refractivity contribution in [1.29, 1.82) is 0 Å². The maximum atomic E-state index is 14.1. The third-order valence-corrected chi connectivity index (χ3v) is 12.0. The highest BCUT2D eigenvalue weighted by Crippen LogP contribution is 2.33. The summed E-state index contributed by atoms with van der Waals surface area (Å²) in [4.78, 5) is 52.5. The summed E-state index contributed by atoms with van der Waals surface area (Å²) in [6, 6.07) is 21.4. The number of H-pyrrole nitrogens is 2. The number of aromatic amines is 2. The van der Waals surface area contributed by atoms with E-state index in [1.807, 2.05) is 33.8 Å². The third kappa shape index (κ3) is 14.6. The number of carbonyl (C=O) groups is 3. The number of amides is 2. The molecule has 6 rings (SSSR count). The molecule has 4 atom stereocenters. The van der Waals surface area contributed by atoms with Gasteiger partial charge in [-0.3, -0.25) is 9.59 Å². The molecule has 0 aliphatic carbocycles. The van der Waals surface area contributed by atoms with E-state index < -0.39 is 24.2 Å². The molecule has 0 bridgehead atoms. The van der Waals surface area contributed by atoms with E-state index in [1.54, 1.807) is 18.6 Å². The van der Waals surface area contributed by atoms with Crippen molar-refractivity contribution in [3.63, 3.8) is 0 Å². The molecule has 3 aromatic carbocycles. The summed E-state index contributed by atoms with van der Waals surface area (Å²) in [5.41, 5.74) is 6.82. The first kappa shape index (κ1) is 52.6. The minimum absolute atomic E-state index is 0.00337. The van der Waals surface area contributed by atoms with Gasteiger partial charge in [-0.05, 0) is 107 Å². The normalized spacial score (nSPS) is 15.3. The molecular formula is C55H71N6O7. The van der Waals surface area contributed by atoms with E-state index in [-0.39, 0.29) is 36.0 Å². The standard InChI is InChI=1S/C47H55N6O6.C8H16O/c1-28(2)43(52-47(56)58-8)42(54)21-12-30(5)37-19-20-38(49-37)36-16-15-32-24-33(13-14-34(32)25-36)35-17-18-39-40(26-35)51-45(50-39)41-27-59-23-11-9-10-22-53(41)46(55)44(29(3)4)48-31(6)57-7;1-3-4-5-6-7-8-9-2/h13-20,24-30,41,43-44,48-49H,6,11-12,21-23H2,1-5,7-8H3,(H,50,51)(H,52,56);5-6H,3-4,7-8H2,1-2H3/b;6-5-/t30-,41+,43+,44+;/m1./s1. The van der Waals surface area contributed by atoms with Crippen molar-refractivity contribution in [3.05, 3.63) is 109 Å². The van der Waals surface area contributed by atoms with E-state index in [0.717, 1.165) is 62.9 Å².